The van der Waals surface area contributed by atoms with Gasteiger partial charge in [0.25, 0.3) is 0 Å². The van der Waals surface area contributed by atoms with E-state index >= 15 is 0 Å². The van der Waals surface area contributed by atoms with Crippen molar-refractivity contribution in [2.45, 2.75) is 6.61 Å². The molecule has 0 aromatic heterocycles. The maximum Gasteiger partial charge on any atom is 0.492 e. The zero-order valence-corrected chi connectivity index (χ0v) is 10.8. The Balaban J connectivity index is 2.26. The number of rotatable bonds is 4. The zero-order valence-electron chi connectivity index (χ0n) is 10.8. The first-order valence-electron chi connectivity index (χ1n) is 5.98. The molecule has 2 aromatic carbocycles. The zero-order chi connectivity index (χ0) is 15.4. The fourth-order valence-corrected chi connectivity index (χ4v) is 1.79. The highest BCUT2D eigenvalue weighted by molar-refractivity contribution is 6.59. The van der Waals surface area contributed by atoms with E-state index in [2.05, 4.69) is 0 Å². The monoisotopic (exact) mass is 289 g/mol. The van der Waals surface area contributed by atoms with Gasteiger partial charge in [-0.3, -0.25) is 0 Å². The molecule has 0 spiro atoms. The molecule has 2 aromatic rings. The van der Waals surface area contributed by atoms with Crippen LogP contribution in [0.3, 0.4) is 0 Å². The second-order valence-electron chi connectivity index (χ2n) is 4.26. The minimum absolute atomic E-state index is 0.0219. The molecular formula is C14H10BF2NO3. The molecule has 7 heteroatoms. The topological polar surface area (TPSA) is 73.5 Å². The van der Waals surface area contributed by atoms with E-state index in [1.165, 1.54) is 12.1 Å². The van der Waals surface area contributed by atoms with Gasteiger partial charge in [0.1, 0.15) is 24.0 Å². The summed E-state index contributed by atoms with van der Waals surface area (Å²) < 4.78 is 31.7. The van der Waals surface area contributed by atoms with Crippen LogP contribution in [0.2, 0.25) is 0 Å². The predicted octanol–water partition coefficient (Wildman–Crippen LogP) is 1.10. The first kappa shape index (κ1) is 15.0. The third kappa shape index (κ3) is 3.57. The Morgan fingerprint density at radius 3 is 2.43 bits per heavy atom. The van der Waals surface area contributed by atoms with Crippen LogP contribution in [0.15, 0.2) is 36.4 Å². The number of hydrogen-bond acceptors (Lipinski definition) is 4. The summed E-state index contributed by atoms with van der Waals surface area (Å²) in [4.78, 5) is 0. The van der Waals surface area contributed by atoms with Crippen LogP contribution in [0, 0.1) is 23.0 Å². The summed E-state index contributed by atoms with van der Waals surface area (Å²) in [5.74, 6) is -1.23. The van der Waals surface area contributed by atoms with Gasteiger partial charge < -0.3 is 14.8 Å². The van der Waals surface area contributed by atoms with E-state index in [9.17, 15) is 18.8 Å². The minimum Gasteiger partial charge on any atom is -0.489 e. The highest BCUT2D eigenvalue weighted by Crippen LogP contribution is 2.16. The molecule has 2 rings (SSSR count). The van der Waals surface area contributed by atoms with E-state index in [1.807, 2.05) is 6.07 Å². The highest BCUT2D eigenvalue weighted by Gasteiger charge is 2.18. The lowest BCUT2D eigenvalue weighted by Crippen LogP contribution is -2.31. The van der Waals surface area contributed by atoms with Crippen molar-refractivity contribution in [3.8, 4) is 11.8 Å². The molecule has 0 aliphatic carbocycles. The van der Waals surface area contributed by atoms with Crippen molar-refractivity contribution in [2.24, 2.45) is 0 Å². The van der Waals surface area contributed by atoms with Crippen LogP contribution in [0.25, 0.3) is 0 Å². The summed E-state index contributed by atoms with van der Waals surface area (Å²) in [6.45, 7) is -0.205. The fourth-order valence-electron chi connectivity index (χ4n) is 1.79. The Labute approximate surface area is 120 Å². The molecule has 0 radical (unpaired) electrons. The molecule has 0 bridgehead atoms. The van der Waals surface area contributed by atoms with Gasteiger partial charge in [-0.05, 0) is 24.3 Å². The van der Waals surface area contributed by atoms with Crippen LogP contribution in [-0.4, -0.2) is 17.2 Å². The average molecular weight is 289 g/mol. The quantitative estimate of drug-likeness (QED) is 0.826. The molecule has 0 saturated carbocycles. The van der Waals surface area contributed by atoms with E-state index in [0.717, 1.165) is 24.3 Å². The van der Waals surface area contributed by atoms with Crippen LogP contribution in [0.5, 0.6) is 5.75 Å². The molecule has 2 N–H and O–H groups in total. The van der Waals surface area contributed by atoms with Crippen LogP contribution in [-0.2, 0) is 6.61 Å². The largest absolute Gasteiger partial charge is 0.492 e. The second kappa shape index (κ2) is 6.35. The van der Waals surface area contributed by atoms with Crippen molar-refractivity contribution >= 4 is 12.6 Å². The molecule has 0 heterocycles. The van der Waals surface area contributed by atoms with Gasteiger partial charge in [-0.15, -0.1) is 0 Å². The Bertz CT molecular complexity index is 701. The molecule has 4 nitrogen and oxygen atoms in total. The van der Waals surface area contributed by atoms with Gasteiger partial charge in [-0.1, -0.05) is 6.07 Å². The number of nitriles is 1. The van der Waals surface area contributed by atoms with Gasteiger partial charge in [0, 0.05) is 17.1 Å². The normalized spacial score (nSPS) is 10.0. The van der Waals surface area contributed by atoms with E-state index in [-0.39, 0.29) is 28.9 Å². The average Bonchev–Trinajstić information content (AvgIpc) is 2.45. The molecular weight excluding hydrogens is 279 g/mol. The summed E-state index contributed by atoms with van der Waals surface area (Å²) in [5.41, 5.74) is 0.477. The van der Waals surface area contributed by atoms with Crippen molar-refractivity contribution in [3.05, 3.63) is 59.2 Å². The van der Waals surface area contributed by atoms with Gasteiger partial charge in [-0.25, -0.2) is 8.78 Å². The number of hydrogen-bond donors (Lipinski definition) is 2. The van der Waals surface area contributed by atoms with Crippen LogP contribution in [0.1, 0.15) is 11.1 Å². The highest BCUT2D eigenvalue weighted by atomic mass is 19.1. The summed E-state index contributed by atoms with van der Waals surface area (Å²) in [5, 5.41) is 27.3. The standard InChI is InChI=1S/C14H10BF2NO3/c16-11-2-1-9(7-18)10(5-11)8-21-14-6-12(17)3-4-13(14)15(19)20/h1-6,19-20H,8H2. The smallest absolute Gasteiger partial charge is 0.489 e. The fraction of sp³-hybridized carbons (Fsp3) is 0.0714. The van der Waals surface area contributed by atoms with Crippen molar-refractivity contribution < 1.29 is 23.6 Å². The molecule has 106 valence electrons. The Morgan fingerprint density at radius 1 is 1.10 bits per heavy atom. The van der Waals surface area contributed by atoms with Crippen LogP contribution in [0.4, 0.5) is 8.78 Å². The van der Waals surface area contributed by atoms with E-state index < -0.39 is 18.8 Å². The molecule has 0 fully saturated rings. The van der Waals surface area contributed by atoms with Crippen molar-refractivity contribution in [2.75, 3.05) is 0 Å². The SMILES string of the molecule is N#Cc1ccc(F)cc1COc1cc(F)ccc1B(O)O. The summed E-state index contributed by atoms with van der Waals surface area (Å²) in [6.07, 6.45) is 0. The van der Waals surface area contributed by atoms with E-state index in [0.29, 0.717) is 0 Å². The first-order valence-corrected chi connectivity index (χ1v) is 5.98. The molecule has 0 atom stereocenters. The molecule has 21 heavy (non-hydrogen) atoms. The van der Waals surface area contributed by atoms with Gasteiger partial charge in [-0.2, -0.15) is 5.26 Å². The molecule has 0 amide bonds. The van der Waals surface area contributed by atoms with E-state index in [1.54, 1.807) is 0 Å². The van der Waals surface area contributed by atoms with Crippen molar-refractivity contribution in [1.82, 2.24) is 0 Å². The van der Waals surface area contributed by atoms with Crippen LogP contribution < -0.4 is 10.2 Å². The minimum atomic E-state index is -1.83. The third-order valence-corrected chi connectivity index (χ3v) is 2.82. The van der Waals surface area contributed by atoms with Gasteiger partial charge in [0.05, 0.1) is 11.6 Å². The summed E-state index contributed by atoms with van der Waals surface area (Å²) in [6, 6.07) is 8.69. The number of halogens is 2. The van der Waals surface area contributed by atoms with Gasteiger partial charge in [0.15, 0.2) is 0 Å². The van der Waals surface area contributed by atoms with Gasteiger partial charge in [0.2, 0.25) is 0 Å². The lowest BCUT2D eigenvalue weighted by Gasteiger charge is -2.12. The second-order valence-corrected chi connectivity index (χ2v) is 4.26. The summed E-state index contributed by atoms with van der Waals surface area (Å²) in [7, 11) is -1.83. The van der Waals surface area contributed by atoms with E-state index in [4.69, 9.17) is 10.00 Å². The Morgan fingerprint density at radius 2 is 1.76 bits per heavy atom. The lowest BCUT2D eigenvalue weighted by atomic mass is 9.79. The summed E-state index contributed by atoms with van der Waals surface area (Å²) >= 11 is 0. The molecule has 0 aliphatic heterocycles. The predicted molar refractivity (Wildman–Crippen MR) is 71.7 cm³/mol. The number of benzene rings is 2. The van der Waals surface area contributed by atoms with Crippen molar-refractivity contribution in [1.29, 1.82) is 5.26 Å². The number of nitrogens with zero attached hydrogens (tertiary/aromatic N) is 1. The number of ether oxygens (including phenoxy) is 1. The maximum absolute atomic E-state index is 13.2. The van der Waals surface area contributed by atoms with Crippen molar-refractivity contribution in [3.63, 3.8) is 0 Å². The lowest BCUT2D eigenvalue weighted by molar-refractivity contribution is 0.304. The third-order valence-electron chi connectivity index (χ3n) is 2.82. The Kier molecular flexibility index (Phi) is 4.53. The maximum atomic E-state index is 13.2. The first-order chi connectivity index (χ1) is 10.0. The van der Waals surface area contributed by atoms with Gasteiger partial charge >= 0.3 is 7.12 Å². The van der Waals surface area contributed by atoms with Crippen LogP contribution >= 0.6 is 0 Å². The molecule has 0 unspecified atom stereocenters. The molecule has 0 aliphatic rings. The molecule has 0 saturated heterocycles. The Hall–Kier alpha value is -2.43.